The number of anilines is 1. The van der Waals surface area contributed by atoms with Crippen LogP contribution in [0.1, 0.15) is 81.0 Å². The molecule has 30 heteroatoms. The van der Waals surface area contributed by atoms with Gasteiger partial charge in [-0.05, 0) is 89.1 Å². The van der Waals surface area contributed by atoms with Crippen molar-refractivity contribution >= 4 is 76.6 Å². The number of carboxylic acid groups (broad SMARTS) is 2. The van der Waals surface area contributed by atoms with Gasteiger partial charge in [-0.15, -0.1) is 0 Å². The fourth-order valence-corrected chi connectivity index (χ4v) is 12.2. The number of carboxylic acids is 2. The number of amides is 6. The first-order valence-electron chi connectivity index (χ1n) is 30.6. The van der Waals surface area contributed by atoms with E-state index in [4.69, 9.17) is 24.7 Å². The molecule has 2 saturated heterocycles. The van der Waals surface area contributed by atoms with Crippen molar-refractivity contribution in [2.75, 3.05) is 68.1 Å². The van der Waals surface area contributed by atoms with Gasteiger partial charge in [0.2, 0.25) is 11.8 Å². The Bertz CT molecular complexity index is 3410. The average Bonchev–Trinajstić information content (AvgIpc) is 0.777. The Morgan fingerprint density at radius 1 is 0.521 bits per heavy atom. The number of carbonyl (C=O) groups excluding carboxylic acids is 6. The molecular weight excluding hydrogens is 1300 g/mol. The molecule has 27 nitrogen and oxygen atoms in total. The molecule has 16 N–H and O–H groups in total. The minimum absolute atomic E-state index is 0. The Labute approximate surface area is 584 Å². The van der Waals surface area contributed by atoms with Crippen molar-refractivity contribution < 1.29 is 128 Å². The number of nitrogens with two attached hydrogens (primary N) is 1. The van der Waals surface area contributed by atoms with Crippen LogP contribution in [-0.2, 0) is 38.1 Å². The van der Waals surface area contributed by atoms with Gasteiger partial charge in [-0.3, -0.25) is 28.8 Å². The predicted molar refractivity (Wildman–Crippen MR) is 351 cm³/mol. The van der Waals surface area contributed by atoms with E-state index in [0.717, 1.165) is 36.1 Å². The number of hydrogen-bond acceptors (Lipinski definition) is 21. The number of carbonyl (C=O) groups is 8. The second-order valence-electron chi connectivity index (χ2n) is 22.6. The van der Waals surface area contributed by atoms with Crippen molar-refractivity contribution in [3.05, 3.63) is 150 Å². The van der Waals surface area contributed by atoms with E-state index in [0.29, 0.717) is 23.0 Å². The van der Waals surface area contributed by atoms with E-state index in [1.807, 2.05) is 60.7 Å². The van der Waals surface area contributed by atoms with Crippen molar-refractivity contribution in [2.45, 2.75) is 112 Å². The van der Waals surface area contributed by atoms with Crippen LogP contribution in [0.5, 0.6) is 0 Å². The van der Waals surface area contributed by atoms with Crippen LogP contribution in [0, 0.1) is 0 Å². The molecule has 96 heavy (non-hydrogen) atoms. The summed E-state index contributed by atoms with van der Waals surface area (Å²) in [5, 5.41) is 103. The maximum absolute atomic E-state index is 13.1. The van der Waals surface area contributed by atoms with Gasteiger partial charge in [0.1, 0.15) is 24.4 Å². The second-order valence-corrected chi connectivity index (χ2v) is 25.1. The van der Waals surface area contributed by atoms with Crippen molar-refractivity contribution in [3.8, 4) is 22.3 Å². The minimum atomic E-state index is -2.50. The minimum Gasteiger partial charge on any atom is -0.477 e. The second kappa shape index (κ2) is 37.6. The van der Waals surface area contributed by atoms with Crippen LogP contribution >= 0.6 is 23.5 Å². The summed E-state index contributed by atoms with van der Waals surface area (Å²) in [4.78, 5) is 102. The van der Waals surface area contributed by atoms with Crippen LogP contribution in [-0.4, -0.2) is 223 Å². The topological polar surface area (TPSA) is 434 Å². The molecule has 0 bridgehead atoms. The third kappa shape index (κ3) is 21.7. The molecule has 2 heterocycles. The zero-order valence-electron chi connectivity index (χ0n) is 53.2. The molecule has 0 saturated carbocycles. The fourth-order valence-electron chi connectivity index (χ4n) is 10.6. The largest absolute Gasteiger partial charge is 1.00 e. The number of nitrogens with one attached hydrogen (secondary N) is 6. The summed E-state index contributed by atoms with van der Waals surface area (Å²) in [5.41, 5.74) is 10.7. The maximum atomic E-state index is 13.1. The number of benzene rings is 5. The first-order valence-corrected chi connectivity index (χ1v) is 32.9. The summed E-state index contributed by atoms with van der Waals surface area (Å²) in [6, 6.07) is 33.8. The molecule has 0 aromatic heterocycles. The maximum Gasteiger partial charge on any atom is 1.00 e. The molecule has 2 unspecified atom stereocenters. The van der Waals surface area contributed by atoms with Crippen LogP contribution in [0.25, 0.3) is 22.3 Å². The Kier molecular flexibility index (Phi) is 30.6. The van der Waals surface area contributed by atoms with E-state index in [2.05, 4.69) is 31.9 Å². The molecule has 0 spiro atoms. The van der Waals surface area contributed by atoms with Gasteiger partial charge in [0.25, 0.3) is 35.2 Å². The van der Waals surface area contributed by atoms with Crippen LogP contribution < -0.4 is 67.2 Å². The molecule has 6 amide bonds. The smallest absolute Gasteiger partial charge is 0.477 e. The molecule has 2 fully saturated rings. The molecule has 5 aromatic carbocycles. The van der Waals surface area contributed by atoms with Gasteiger partial charge in [-0.1, -0.05) is 84.9 Å². The zero-order valence-corrected chi connectivity index (χ0v) is 56.8. The molecule has 2 aliphatic rings. The van der Waals surface area contributed by atoms with Gasteiger partial charge in [0, 0.05) is 86.8 Å². The van der Waals surface area contributed by atoms with Crippen LogP contribution in [0.2, 0.25) is 0 Å². The quantitative estimate of drug-likeness (QED) is 0.0127. The molecule has 512 valence electrons. The Balaban J connectivity index is 0.0000146. The summed E-state index contributed by atoms with van der Waals surface area (Å²) >= 11 is 2.79. The van der Waals surface area contributed by atoms with Gasteiger partial charge in [0.15, 0.2) is 0 Å². The van der Waals surface area contributed by atoms with Gasteiger partial charge >= 0.3 is 41.5 Å². The summed E-state index contributed by atoms with van der Waals surface area (Å²) in [7, 11) is 0. The molecular formula is C66H81N7NaO20S2+. The normalized spacial score (nSPS) is 21.9. The van der Waals surface area contributed by atoms with Crippen molar-refractivity contribution in [1.29, 1.82) is 0 Å². The van der Waals surface area contributed by atoms with Gasteiger partial charge in [-0.2, -0.15) is 23.5 Å². The van der Waals surface area contributed by atoms with E-state index >= 15 is 0 Å². The molecule has 2 aliphatic heterocycles. The number of aliphatic carboxylic acids is 2. The molecule has 0 radical (unpaired) electrons. The summed E-state index contributed by atoms with van der Waals surface area (Å²) in [6.45, 7) is 1.27. The number of nitrogen functional groups attached to an aromatic ring is 1. The Morgan fingerprint density at radius 2 is 0.885 bits per heavy atom. The first kappa shape index (κ1) is 78.0. The van der Waals surface area contributed by atoms with Crippen LogP contribution in [0.15, 0.2) is 127 Å². The Morgan fingerprint density at radius 3 is 1.26 bits per heavy atom. The number of hydrogen-bond donors (Lipinski definition) is 15. The zero-order chi connectivity index (χ0) is 68.8. The molecule has 12 atom stereocenters. The number of thioether (sulfide) groups is 2. The van der Waals surface area contributed by atoms with Gasteiger partial charge < -0.3 is 97.4 Å². The van der Waals surface area contributed by atoms with Crippen LogP contribution in [0.4, 0.5) is 5.69 Å². The summed E-state index contributed by atoms with van der Waals surface area (Å²) in [6.07, 6.45) is -14.8. The van der Waals surface area contributed by atoms with E-state index in [1.165, 1.54) is 41.7 Å². The van der Waals surface area contributed by atoms with Crippen LogP contribution in [0.3, 0.4) is 0 Å². The van der Waals surface area contributed by atoms with Gasteiger partial charge in [0.05, 0.1) is 55.3 Å². The number of rotatable bonds is 34. The molecule has 5 aromatic rings. The predicted octanol–water partition coefficient (Wildman–Crippen LogP) is -1.48. The van der Waals surface area contributed by atoms with E-state index in [9.17, 15) is 79.2 Å². The van der Waals surface area contributed by atoms with Crippen molar-refractivity contribution in [1.82, 2.24) is 31.9 Å². The van der Waals surface area contributed by atoms with Crippen molar-refractivity contribution in [3.63, 3.8) is 0 Å². The first-order chi connectivity index (χ1) is 45.4. The fraction of sp³-hybridized carbons (Fsp3) is 0.424. The number of aliphatic hydroxyl groups excluding tert-OH is 6. The SMILES string of the molecule is CC(=O)N[C@@H]1[C@@H](O)C[C@](OCCCSCCNC(=O)c2ccc(C(=O)NCCSCCCO[C@]3(C(=O)O)C[C@H](O)[C@@H](NC(C)=O)[C@H](C(O)[C@H](O)CNC(=O)c4ccc(-c5ccccc5)cc4)O3)c(N)c2)(C(=O)O)O[C@H]1C(O)[C@H](O)CNC(=O)c1ccc(-c2ccccc2)cc1.[Na+]. The standard InChI is InChI=1S/C66H81N7O20S2.Na/c1-38(74)72-53-49(76)34-65(63(86)87,92-57(53)55(80)51(78)36-70-59(82)44-19-15-42(16-20-44)40-11-5-3-6-12-40)90-27-9-29-94-31-25-68-61(84)46-23-24-47(48(67)33-46)62(85)69-26-32-95-30-10-28-91-66(64(88)89)35-50(77)54(73-39(2)75)58(93-66)56(81)52(79)37-71-60(83)45-21-17-43(18-22-45)41-13-7-4-8-14-41;/h3-8,11-24,33,49-58,76-81H,9-10,25-32,34-37,67H2,1-2H3,(H,68,84)(H,69,85)(H,70,82)(H,71,83)(H,72,74)(H,73,75)(H,86,87)(H,88,89);/q;+1/t49-,50-,51+,52+,53+,54+,55?,56?,57+,58+,65+,66+;/m0./s1. The average molecular weight is 1380 g/mol. The van der Waals surface area contributed by atoms with E-state index in [-0.39, 0.29) is 96.6 Å². The monoisotopic (exact) mass is 1380 g/mol. The van der Waals surface area contributed by atoms with E-state index in [1.54, 1.807) is 48.5 Å². The number of ether oxygens (including phenoxy) is 4. The third-order valence-corrected chi connectivity index (χ3v) is 17.7. The summed E-state index contributed by atoms with van der Waals surface area (Å²) < 4.78 is 23.2. The molecule has 7 rings (SSSR count). The van der Waals surface area contributed by atoms with Crippen molar-refractivity contribution in [2.24, 2.45) is 0 Å². The summed E-state index contributed by atoms with van der Waals surface area (Å²) in [5.74, 6) is -10.0. The van der Waals surface area contributed by atoms with Gasteiger partial charge in [-0.25, -0.2) is 9.59 Å². The Hall–Kier alpha value is -7.04. The third-order valence-electron chi connectivity index (χ3n) is 15.6. The number of aliphatic hydroxyl groups is 6. The molecule has 0 aliphatic carbocycles. The van der Waals surface area contributed by atoms with E-state index < -0.39 is 146 Å².